The molecule has 7 nitrogen and oxygen atoms in total. The van der Waals surface area contributed by atoms with Crippen LogP contribution in [0.2, 0.25) is 0 Å². The molecule has 3 aromatic carbocycles. The summed E-state index contributed by atoms with van der Waals surface area (Å²) in [5.74, 6) is 2.24. The van der Waals surface area contributed by atoms with Crippen LogP contribution >= 0.6 is 11.8 Å². The molecule has 148 valence electrons. The van der Waals surface area contributed by atoms with E-state index in [0.717, 1.165) is 16.3 Å². The molecule has 0 saturated heterocycles. The van der Waals surface area contributed by atoms with Crippen molar-refractivity contribution in [3.8, 4) is 28.6 Å². The fraction of sp³-hybridized carbons (Fsp3) is 0.0909. The van der Waals surface area contributed by atoms with Crippen LogP contribution in [0.15, 0.2) is 76.3 Å². The molecule has 5 aromatic rings. The van der Waals surface area contributed by atoms with Crippen LogP contribution in [0.1, 0.15) is 5.89 Å². The molecule has 1 N–H and O–H groups in total. The van der Waals surface area contributed by atoms with Crippen molar-refractivity contribution in [1.29, 1.82) is 0 Å². The summed E-state index contributed by atoms with van der Waals surface area (Å²) in [6.45, 7) is 0. The normalized spacial score (nSPS) is 11.2. The third-order valence-corrected chi connectivity index (χ3v) is 5.76. The summed E-state index contributed by atoms with van der Waals surface area (Å²) < 4.78 is 7.60. The largest absolute Gasteiger partial charge is 0.507 e. The monoisotopic (exact) mass is 415 g/mol. The summed E-state index contributed by atoms with van der Waals surface area (Å²) in [7, 11) is 1.87. The molecule has 0 fully saturated rings. The Morgan fingerprint density at radius 3 is 2.43 bits per heavy atom. The number of rotatable bonds is 5. The second-order valence-corrected chi connectivity index (χ2v) is 7.68. The lowest BCUT2D eigenvalue weighted by molar-refractivity contribution is 0.477. The highest BCUT2D eigenvalue weighted by Gasteiger charge is 2.17. The highest BCUT2D eigenvalue weighted by molar-refractivity contribution is 7.98. The summed E-state index contributed by atoms with van der Waals surface area (Å²) in [5.41, 5.74) is 1.52. The molecule has 8 heteroatoms. The first-order valence-corrected chi connectivity index (χ1v) is 10.3. The topological polar surface area (TPSA) is 89.9 Å². The van der Waals surface area contributed by atoms with Gasteiger partial charge in [-0.2, -0.15) is 0 Å². The molecule has 30 heavy (non-hydrogen) atoms. The zero-order valence-corrected chi connectivity index (χ0v) is 16.9. The van der Waals surface area contributed by atoms with Gasteiger partial charge in [-0.3, -0.25) is 0 Å². The van der Waals surface area contributed by atoms with Gasteiger partial charge in [0.05, 0.1) is 11.3 Å². The summed E-state index contributed by atoms with van der Waals surface area (Å²) in [6, 6.07) is 21.2. The maximum atomic E-state index is 10.5. The summed E-state index contributed by atoms with van der Waals surface area (Å²) in [4.78, 5) is 0. The average molecular weight is 415 g/mol. The molecule has 2 aromatic heterocycles. The lowest BCUT2D eigenvalue weighted by Gasteiger charge is -2.07. The highest BCUT2D eigenvalue weighted by Crippen LogP contribution is 2.34. The molecule has 0 aliphatic heterocycles. The molecule has 0 amide bonds. The van der Waals surface area contributed by atoms with E-state index in [1.807, 2.05) is 72.3 Å². The Hall–Kier alpha value is -3.65. The van der Waals surface area contributed by atoms with E-state index in [9.17, 15) is 5.11 Å². The molecule has 0 saturated carbocycles. The number of benzene rings is 3. The standard InChI is InChI=1S/C22H17N5O2S/c1-27-20(17-11-15-9-5-6-10-16(15)12-18(17)28)24-26-22(27)30-13-19-23-25-21(29-19)14-7-3-2-4-8-14/h2-12,28H,13H2,1H3. The maximum Gasteiger partial charge on any atom is 0.247 e. The zero-order chi connectivity index (χ0) is 20.5. The summed E-state index contributed by atoms with van der Waals surface area (Å²) >= 11 is 1.45. The van der Waals surface area contributed by atoms with E-state index in [4.69, 9.17) is 4.42 Å². The van der Waals surface area contributed by atoms with Gasteiger partial charge in [0.1, 0.15) is 5.75 Å². The van der Waals surface area contributed by atoms with E-state index in [0.29, 0.717) is 34.1 Å². The van der Waals surface area contributed by atoms with E-state index >= 15 is 0 Å². The van der Waals surface area contributed by atoms with E-state index in [-0.39, 0.29) is 5.75 Å². The molecule has 0 bridgehead atoms. The highest BCUT2D eigenvalue weighted by atomic mass is 32.2. The van der Waals surface area contributed by atoms with E-state index < -0.39 is 0 Å². The fourth-order valence-electron chi connectivity index (χ4n) is 3.22. The number of phenols is 1. The van der Waals surface area contributed by atoms with Crippen LogP contribution in [-0.4, -0.2) is 30.1 Å². The van der Waals surface area contributed by atoms with Gasteiger partial charge in [-0.05, 0) is 35.0 Å². The van der Waals surface area contributed by atoms with Crippen LogP contribution in [-0.2, 0) is 12.8 Å². The molecule has 0 radical (unpaired) electrons. The fourth-order valence-corrected chi connectivity index (χ4v) is 3.97. The molecular weight excluding hydrogens is 398 g/mol. The second kappa shape index (κ2) is 7.64. The van der Waals surface area contributed by atoms with Gasteiger partial charge in [-0.25, -0.2) is 0 Å². The molecule has 5 rings (SSSR count). The molecule has 0 unspecified atom stereocenters. The third kappa shape index (κ3) is 3.42. The van der Waals surface area contributed by atoms with Gasteiger partial charge in [0, 0.05) is 12.6 Å². The predicted molar refractivity (Wildman–Crippen MR) is 115 cm³/mol. The first kappa shape index (κ1) is 18.4. The van der Waals surface area contributed by atoms with Gasteiger partial charge < -0.3 is 14.1 Å². The van der Waals surface area contributed by atoms with Gasteiger partial charge in [-0.1, -0.05) is 54.2 Å². The lowest BCUT2D eigenvalue weighted by atomic mass is 10.1. The predicted octanol–water partition coefficient (Wildman–Crippen LogP) is 4.68. The Morgan fingerprint density at radius 1 is 0.900 bits per heavy atom. The van der Waals surface area contributed by atoms with Crippen molar-refractivity contribution < 1.29 is 9.52 Å². The molecular formula is C22H17N5O2S. The van der Waals surface area contributed by atoms with Gasteiger partial charge in [-0.15, -0.1) is 20.4 Å². The lowest BCUT2D eigenvalue weighted by Crippen LogP contribution is -1.95. The Labute approximate surface area is 176 Å². The number of fused-ring (bicyclic) bond motifs is 1. The quantitative estimate of drug-likeness (QED) is 0.417. The van der Waals surface area contributed by atoms with Crippen molar-refractivity contribution in [2.75, 3.05) is 0 Å². The van der Waals surface area contributed by atoms with Crippen molar-refractivity contribution >= 4 is 22.5 Å². The Morgan fingerprint density at radius 2 is 1.63 bits per heavy atom. The van der Waals surface area contributed by atoms with Crippen LogP contribution in [0, 0.1) is 0 Å². The average Bonchev–Trinajstić information content (AvgIpc) is 3.39. The first-order chi connectivity index (χ1) is 14.7. The Bertz CT molecular complexity index is 1330. The van der Waals surface area contributed by atoms with Crippen LogP contribution in [0.25, 0.3) is 33.6 Å². The van der Waals surface area contributed by atoms with Crippen molar-refractivity contribution in [1.82, 2.24) is 25.0 Å². The molecule has 0 atom stereocenters. The minimum atomic E-state index is 0.171. The minimum Gasteiger partial charge on any atom is -0.507 e. The van der Waals surface area contributed by atoms with Gasteiger partial charge in [0.15, 0.2) is 11.0 Å². The number of aromatic nitrogens is 5. The molecule has 0 aliphatic rings. The second-order valence-electron chi connectivity index (χ2n) is 6.74. The van der Waals surface area contributed by atoms with Gasteiger partial charge >= 0.3 is 0 Å². The van der Waals surface area contributed by atoms with Crippen LogP contribution < -0.4 is 0 Å². The number of hydrogen-bond acceptors (Lipinski definition) is 7. The number of thioether (sulfide) groups is 1. The van der Waals surface area contributed by atoms with Crippen LogP contribution in [0.4, 0.5) is 0 Å². The van der Waals surface area contributed by atoms with Crippen LogP contribution in [0.3, 0.4) is 0 Å². The van der Waals surface area contributed by atoms with Crippen LogP contribution in [0.5, 0.6) is 5.75 Å². The number of aromatic hydroxyl groups is 1. The number of nitrogens with zero attached hydrogens (tertiary/aromatic N) is 5. The van der Waals surface area contributed by atoms with Crippen molar-refractivity contribution in [3.05, 3.63) is 72.6 Å². The van der Waals surface area contributed by atoms with E-state index in [2.05, 4.69) is 20.4 Å². The van der Waals surface area contributed by atoms with E-state index in [1.165, 1.54) is 11.8 Å². The van der Waals surface area contributed by atoms with Gasteiger partial charge in [0.2, 0.25) is 11.8 Å². The van der Waals surface area contributed by atoms with E-state index in [1.54, 1.807) is 6.07 Å². The maximum absolute atomic E-state index is 10.5. The first-order valence-electron chi connectivity index (χ1n) is 9.31. The summed E-state index contributed by atoms with van der Waals surface area (Å²) in [5, 5.41) is 30.0. The van der Waals surface area contributed by atoms with Crippen molar-refractivity contribution in [2.45, 2.75) is 10.9 Å². The third-order valence-electron chi connectivity index (χ3n) is 4.75. The smallest absolute Gasteiger partial charge is 0.247 e. The SMILES string of the molecule is Cn1c(SCc2nnc(-c3ccccc3)o2)nnc1-c1cc2ccccc2cc1O. The minimum absolute atomic E-state index is 0.171. The Kier molecular flexibility index (Phi) is 4.68. The molecule has 2 heterocycles. The van der Waals surface area contributed by atoms with Gasteiger partial charge in [0.25, 0.3) is 0 Å². The summed E-state index contributed by atoms with van der Waals surface area (Å²) in [6.07, 6.45) is 0. The Balaban J connectivity index is 1.37. The van der Waals surface area contributed by atoms with Crippen molar-refractivity contribution in [3.63, 3.8) is 0 Å². The number of hydrogen-bond donors (Lipinski definition) is 1. The molecule has 0 aliphatic carbocycles. The van der Waals surface area contributed by atoms with Crippen molar-refractivity contribution in [2.24, 2.45) is 7.05 Å². The number of phenolic OH excluding ortho intramolecular Hbond substituents is 1. The molecule has 0 spiro atoms. The zero-order valence-electron chi connectivity index (χ0n) is 16.1.